The first kappa shape index (κ1) is 22.6. The predicted octanol–water partition coefficient (Wildman–Crippen LogP) is 2.93. The van der Waals surface area contributed by atoms with E-state index in [1.807, 2.05) is 4.90 Å². The van der Waals surface area contributed by atoms with Crippen molar-refractivity contribution in [1.82, 2.24) is 9.80 Å². The second-order valence-corrected chi connectivity index (χ2v) is 8.06. The van der Waals surface area contributed by atoms with Crippen LogP contribution < -0.4 is 4.74 Å². The number of ether oxygens (including phenoxy) is 1. The van der Waals surface area contributed by atoms with E-state index in [2.05, 4.69) is 4.90 Å². The Morgan fingerprint density at radius 1 is 1.07 bits per heavy atom. The topological polar surface area (TPSA) is 70.1 Å². The monoisotopic (exact) mass is 450 g/mol. The van der Waals surface area contributed by atoms with Crippen LogP contribution in [-0.4, -0.2) is 72.5 Å². The van der Waals surface area contributed by atoms with E-state index in [0.29, 0.717) is 59.6 Å². The number of β-amino-alcohol motifs (C(OH)–C–C–N with tert-alkyl or cyclic N) is 1. The lowest BCUT2D eigenvalue weighted by atomic mass is 10.1. The second-order valence-electron chi connectivity index (χ2n) is 7.19. The normalized spacial score (nSPS) is 15.6. The van der Waals surface area contributed by atoms with Gasteiger partial charge in [0.05, 0.1) is 0 Å². The Kier molecular flexibility index (Phi) is 8.10. The average Bonchev–Trinajstić information content (AvgIpc) is 2.74. The molecule has 1 fully saturated rings. The fourth-order valence-electron chi connectivity index (χ4n) is 3.38. The molecule has 0 aromatic heterocycles. The zero-order chi connectivity index (χ0) is 21.5. The zero-order valence-electron chi connectivity index (χ0n) is 16.5. The van der Waals surface area contributed by atoms with Gasteiger partial charge in [0, 0.05) is 60.3 Å². The van der Waals surface area contributed by atoms with Crippen LogP contribution in [0.5, 0.6) is 5.75 Å². The van der Waals surface area contributed by atoms with Crippen molar-refractivity contribution in [2.24, 2.45) is 0 Å². The molecule has 160 valence electrons. The van der Waals surface area contributed by atoms with Gasteiger partial charge in [-0.1, -0.05) is 23.2 Å². The quantitative estimate of drug-likeness (QED) is 0.626. The first-order valence-electron chi connectivity index (χ1n) is 9.76. The van der Waals surface area contributed by atoms with Gasteiger partial charge < -0.3 is 19.5 Å². The van der Waals surface area contributed by atoms with Crippen molar-refractivity contribution in [3.05, 3.63) is 63.6 Å². The van der Waals surface area contributed by atoms with Gasteiger partial charge in [0.15, 0.2) is 0 Å². The third-order valence-corrected chi connectivity index (χ3v) is 5.46. The number of aliphatic hydroxyl groups excluding tert-OH is 1. The highest BCUT2D eigenvalue weighted by Gasteiger charge is 2.23. The summed E-state index contributed by atoms with van der Waals surface area (Å²) in [5.74, 6) is 0.532. The average molecular weight is 451 g/mol. The van der Waals surface area contributed by atoms with Gasteiger partial charge in [-0.25, -0.2) is 0 Å². The van der Waals surface area contributed by atoms with Crippen LogP contribution in [0.2, 0.25) is 10.0 Å². The van der Waals surface area contributed by atoms with Gasteiger partial charge in [-0.3, -0.25) is 9.69 Å². The number of amides is 1. The molecule has 1 aliphatic heterocycles. The molecule has 2 aromatic carbocycles. The molecule has 1 unspecified atom stereocenters. The van der Waals surface area contributed by atoms with Crippen molar-refractivity contribution in [1.29, 1.82) is 0 Å². The maximum atomic E-state index is 12.6. The molecule has 3 rings (SSSR count). The Morgan fingerprint density at radius 2 is 1.73 bits per heavy atom. The second kappa shape index (κ2) is 10.8. The largest absolute Gasteiger partial charge is 0.491 e. The van der Waals surface area contributed by atoms with Crippen molar-refractivity contribution in [3.63, 3.8) is 0 Å². The van der Waals surface area contributed by atoms with E-state index in [0.717, 1.165) is 6.29 Å². The van der Waals surface area contributed by atoms with Crippen molar-refractivity contribution < 1.29 is 19.4 Å². The lowest BCUT2D eigenvalue weighted by molar-refractivity contribution is -0.107. The van der Waals surface area contributed by atoms with Crippen LogP contribution in [0.1, 0.15) is 15.9 Å². The highest BCUT2D eigenvalue weighted by Crippen LogP contribution is 2.23. The number of benzene rings is 2. The van der Waals surface area contributed by atoms with Crippen molar-refractivity contribution in [2.45, 2.75) is 12.5 Å². The summed E-state index contributed by atoms with van der Waals surface area (Å²) in [5, 5.41) is 11.5. The summed E-state index contributed by atoms with van der Waals surface area (Å²) in [6.07, 6.45) is 0.304. The molecule has 8 heteroatoms. The van der Waals surface area contributed by atoms with Crippen LogP contribution in [0.4, 0.5) is 0 Å². The van der Waals surface area contributed by atoms with E-state index < -0.39 is 6.10 Å². The van der Waals surface area contributed by atoms with Crippen LogP contribution in [0.3, 0.4) is 0 Å². The minimum absolute atomic E-state index is 0.0133. The molecule has 1 saturated heterocycles. The number of carbonyl (C=O) groups excluding carboxylic acids is 2. The van der Waals surface area contributed by atoms with E-state index >= 15 is 0 Å². The fourth-order valence-corrected chi connectivity index (χ4v) is 3.70. The Hall–Kier alpha value is -2.12. The molecule has 1 aliphatic rings. The van der Waals surface area contributed by atoms with Crippen molar-refractivity contribution in [2.75, 3.05) is 39.3 Å². The highest BCUT2D eigenvalue weighted by molar-refractivity contribution is 6.31. The number of rotatable bonds is 8. The molecule has 0 aliphatic carbocycles. The summed E-state index contributed by atoms with van der Waals surface area (Å²) >= 11 is 11.8. The molecule has 1 N–H and O–H groups in total. The molecule has 1 atom stereocenters. The minimum atomic E-state index is -0.691. The number of hydrogen-bond acceptors (Lipinski definition) is 5. The number of aliphatic hydroxyl groups is 1. The van der Waals surface area contributed by atoms with Crippen LogP contribution in [-0.2, 0) is 11.2 Å². The molecule has 1 heterocycles. The standard InChI is InChI=1S/C22H24Cl2N2O4/c23-18-3-1-16(2-4-18)22(29)26-10-8-25(9-11-26)14-20(28)15-30-21-6-5-19(24)13-17(21)7-12-27/h1-6,12-13,20,28H,7-11,14-15H2. The van der Waals surface area contributed by atoms with Crippen LogP contribution in [0, 0.1) is 0 Å². The number of hydrogen-bond donors (Lipinski definition) is 1. The SMILES string of the molecule is O=CCc1cc(Cl)ccc1OCC(O)CN1CCN(C(=O)c2ccc(Cl)cc2)CC1. The molecule has 0 bridgehead atoms. The summed E-state index contributed by atoms with van der Waals surface area (Å²) in [6.45, 7) is 3.09. The number of aldehydes is 1. The first-order chi connectivity index (χ1) is 14.5. The lowest BCUT2D eigenvalue weighted by Gasteiger charge is -2.35. The minimum Gasteiger partial charge on any atom is -0.491 e. The Balaban J connectivity index is 1.45. The molecular formula is C22H24Cl2N2O4. The summed E-state index contributed by atoms with van der Waals surface area (Å²) < 4.78 is 5.71. The van der Waals surface area contributed by atoms with E-state index in [1.54, 1.807) is 42.5 Å². The lowest BCUT2D eigenvalue weighted by Crippen LogP contribution is -2.51. The molecule has 0 saturated carbocycles. The Labute approximate surface area is 185 Å². The number of nitrogens with zero attached hydrogens (tertiary/aromatic N) is 2. The van der Waals surface area contributed by atoms with Gasteiger partial charge in [0.2, 0.25) is 0 Å². The van der Waals surface area contributed by atoms with Crippen LogP contribution in [0.15, 0.2) is 42.5 Å². The molecule has 2 aromatic rings. The highest BCUT2D eigenvalue weighted by atomic mass is 35.5. The number of piperazine rings is 1. The van der Waals surface area contributed by atoms with E-state index in [4.69, 9.17) is 27.9 Å². The summed E-state index contributed by atoms with van der Waals surface area (Å²) in [7, 11) is 0. The van der Waals surface area contributed by atoms with Gasteiger partial charge >= 0.3 is 0 Å². The number of halogens is 2. The molecule has 30 heavy (non-hydrogen) atoms. The summed E-state index contributed by atoms with van der Waals surface area (Å²) in [5.41, 5.74) is 1.31. The smallest absolute Gasteiger partial charge is 0.253 e. The molecule has 1 amide bonds. The van der Waals surface area contributed by atoms with Gasteiger partial charge in [0.1, 0.15) is 24.7 Å². The van der Waals surface area contributed by atoms with Crippen LogP contribution in [0.25, 0.3) is 0 Å². The first-order valence-corrected chi connectivity index (χ1v) is 10.5. The maximum absolute atomic E-state index is 12.6. The Morgan fingerprint density at radius 3 is 2.40 bits per heavy atom. The molecule has 0 radical (unpaired) electrons. The summed E-state index contributed by atoms with van der Waals surface area (Å²) in [4.78, 5) is 27.3. The summed E-state index contributed by atoms with van der Waals surface area (Å²) in [6, 6.07) is 12.0. The molecular weight excluding hydrogens is 427 g/mol. The molecule has 0 spiro atoms. The van der Waals surface area contributed by atoms with Gasteiger partial charge in [-0.15, -0.1) is 0 Å². The number of carbonyl (C=O) groups is 2. The van der Waals surface area contributed by atoms with E-state index in [9.17, 15) is 14.7 Å². The third kappa shape index (κ3) is 6.19. The van der Waals surface area contributed by atoms with Gasteiger partial charge in [0.25, 0.3) is 5.91 Å². The maximum Gasteiger partial charge on any atom is 0.253 e. The zero-order valence-corrected chi connectivity index (χ0v) is 18.0. The third-order valence-electron chi connectivity index (χ3n) is 4.98. The van der Waals surface area contributed by atoms with E-state index in [-0.39, 0.29) is 18.9 Å². The molecule has 6 nitrogen and oxygen atoms in total. The van der Waals surface area contributed by atoms with E-state index in [1.165, 1.54) is 0 Å². The van der Waals surface area contributed by atoms with Gasteiger partial charge in [-0.05, 0) is 42.5 Å². The van der Waals surface area contributed by atoms with Crippen molar-refractivity contribution >= 4 is 35.4 Å². The Bertz CT molecular complexity index is 868. The van der Waals surface area contributed by atoms with Gasteiger partial charge in [-0.2, -0.15) is 0 Å². The fraction of sp³-hybridized carbons (Fsp3) is 0.364. The van der Waals surface area contributed by atoms with Crippen molar-refractivity contribution in [3.8, 4) is 5.75 Å². The predicted molar refractivity (Wildman–Crippen MR) is 117 cm³/mol. The van der Waals surface area contributed by atoms with Crippen LogP contribution >= 0.6 is 23.2 Å².